The fourth-order valence-corrected chi connectivity index (χ4v) is 1.39. The Hall–Kier alpha value is -1.06. The van der Waals surface area contributed by atoms with Gasteiger partial charge in [0.05, 0.1) is 13.5 Å². The Balaban J connectivity index is 2.23. The van der Waals surface area contributed by atoms with Crippen LogP contribution in [0.25, 0.3) is 0 Å². The molecule has 0 saturated heterocycles. The normalized spacial score (nSPS) is 10.0. The molecule has 0 atom stereocenters. The SMILES string of the molecule is COC(=O)CCNCc1cccc(Cl)c1. The van der Waals surface area contributed by atoms with Crippen LogP contribution in [0, 0.1) is 0 Å². The first-order chi connectivity index (χ1) is 7.22. The maximum Gasteiger partial charge on any atom is 0.306 e. The summed E-state index contributed by atoms with van der Waals surface area (Å²) >= 11 is 5.83. The van der Waals surface area contributed by atoms with Gasteiger partial charge in [0, 0.05) is 18.1 Å². The number of halogens is 1. The molecule has 1 aromatic rings. The first kappa shape index (κ1) is 12.0. The van der Waals surface area contributed by atoms with Crippen LogP contribution in [0.15, 0.2) is 24.3 Å². The smallest absolute Gasteiger partial charge is 0.306 e. The van der Waals surface area contributed by atoms with Crippen LogP contribution in [0.4, 0.5) is 0 Å². The lowest BCUT2D eigenvalue weighted by Gasteiger charge is -2.04. The number of benzene rings is 1. The van der Waals surface area contributed by atoms with Gasteiger partial charge >= 0.3 is 5.97 Å². The lowest BCUT2D eigenvalue weighted by atomic mass is 10.2. The number of methoxy groups -OCH3 is 1. The molecule has 3 nitrogen and oxygen atoms in total. The van der Waals surface area contributed by atoms with Crippen LogP contribution in [0.3, 0.4) is 0 Å². The van der Waals surface area contributed by atoms with E-state index in [0.29, 0.717) is 19.5 Å². The van der Waals surface area contributed by atoms with Crippen molar-refractivity contribution in [2.45, 2.75) is 13.0 Å². The highest BCUT2D eigenvalue weighted by atomic mass is 35.5. The van der Waals surface area contributed by atoms with Gasteiger partial charge in [-0.15, -0.1) is 0 Å². The van der Waals surface area contributed by atoms with Crippen molar-refractivity contribution in [1.29, 1.82) is 0 Å². The number of esters is 1. The van der Waals surface area contributed by atoms with Crippen LogP contribution in [0.5, 0.6) is 0 Å². The number of carbonyl (C=O) groups excluding carboxylic acids is 1. The molecule has 0 fully saturated rings. The zero-order valence-corrected chi connectivity index (χ0v) is 9.38. The monoisotopic (exact) mass is 227 g/mol. The van der Waals surface area contributed by atoms with E-state index in [1.165, 1.54) is 7.11 Å². The second-order valence-electron chi connectivity index (χ2n) is 3.13. The van der Waals surface area contributed by atoms with Crippen molar-refractivity contribution >= 4 is 17.6 Å². The Morgan fingerprint density at radius 1 is 1.53 bits per heavy atom. The molecule has 0 bridgehead atoms. The Bertz CT molecular complexity index is 328. The molecule has 15 heavy (non-hydrogen) atoms. The Morgan fingerprint density at radius 2 is 2.33 bits per heavy atom. The third-order valence-corrected chi connectivity index (χ3v) is 2.19. The van der Waals surface area contributed by atoms with Gasteiger partial charge in [-0.05, 0) is 17.7 Å². The van der Waals surface area contributed by atoms with Crippen molar-refractivity contribution in [3.8, 4) is 0 Å². The van der Waals surface area contributed by atoms with Gasteiger partial charge < -0.3 is 10.1 Å². The average molecular weight is 228 g/mol. The molecule has 0 amide bonds. The zero-order chi connectivity index (χ0) is 11.1. The third kappa shape index (κ3) is 4.81. The highest BCUT2D eigenvalue weighted by Crippen LogP contribution is 2.10. The zero-order valence-electron chi connectivity index (χ0n) is 8.63. The number of rotatable bonds is 5. The molecule has 0 aromatic heterocycles. The molecule has 82 valence electrons. The largest absolute Gasteiger partial charge is 0.469 e. The summed E-state index contributed by atoms with van der Waals surface area (Å²) < 4.78 is 4.52. The molecular formula is C11H14ClNO2. The van der Waals surface area contributed by atoms with Crippen molar-refractivity contribution in [3.05, 3.63) is 34.9 Å². The fraction of sp³-hybridized carbons (Fsp3) is 0.364. The second-order valence-corrected chi connectivity index (χ2v) is 3.57. The van der Waals surface area contributed by atoms with Crippen LogP contribution in [-0.4, -0.2) is 19.6 Å². The molecular weight excluding hydrogens is 214 g/mol. The third-order valence-electron chi connectivity index (χ3n) is 1.95. The quantitative estimate of drug-likeness (QED) is 0.618. The van der Waals surface area contributed by atoms with E-state index in [1.807, 2.05) is 24.3 Å². The van der Waals surface area contributed by atoms with Gasteiger partial charge in [0.15, 0.2) is 0 Å². The summed E-state index contributed by atoms with van der Waals surface area (Å²) in [7, 11) is 1.39. The fourth-order valence-electron chi connectivity index (χ4n) is 1.17. The van der Waals surface area contributed by atoms with E-state index in [2.05, 4.69) is 10.1 Å². The molecule has 0 unspecified atom stereocenters. The maximum absolute atomic E-state index is 10.8. The van der Waals surface area contributed by atoms with Crippen molar-refractivity contribution in [1.82, 2.24) is 5.32 Å². The van der Waals surface area contributed by atoms with Crippen LogP contribution in [0.2, 0.25) is 5.02 Å². The summed E-state index contributed by atoms with van der Waals surface area (Å²) in [6, 6.07) is 7.61. The molecule has 0 heterocycles. The first-order valence-corrected chi connectivity index (χ1v) is 5.12. The first-order valence-electron chi connectivity index (χ1n) is 4.74. The molecule has 1 N–H and O–H groups in total. The summed E-state index contributed by atoms with van der Waals surface area (Å²) in [6.07, 6.45) is 0.386. The number of hydrogen-bond donors (Lipinski definition) is 1. The van der Waals surface area contributed by atoms with Gasteiger partial charge in [-0.25, -0.2) is 0 Å². The van der Waals surface area contributed by atoms with Gasteiger partial charge in [0.25, 0.3) is 0 Å². The highest BCUT2D eigenvalue weighted by Gasteiger charge is 1.99. The number of ether oxygens (including phenoxy) is 1. The molecule has 0 aliphatic carbocycles. The summed E-state index contributed by atoms with van der Waals surface area (Å²) in [5.74, 6) is -0.200. The van der Waals surface area contributed by atoms with E-state index < -0.39 is 0 Å². The van der Waals surface area contributed by atoms with E-state index in [-0.39, 0.29) is 5.97 Å². The van der Waals surface area contributed by atoms with Crippen LogP contribution in [0.1, 0.15) is 12.0 Å². The molecule has 0 spiro atoms. The number of hydrogen-bond acceptors (Lipinski definition) is 3. The van der Waals surface area contributed by atoms with Crippen LogP contribution < -0.4 is 5.32 Å². The Morgan fingerprint density at radius 3 is 3.00 bits per heavy atom. The van der Waals surface area contributed by atoms with Crippen molar-refractivity contribution < 1.29 is 9.53 Å². The van der Waals surface area contributed by atoms with Gasteiger partial charge in [-0.2, -0.15) is 0 Å². The van der Waals surface area contributed by atoms with Crippen LogP contribution >= 0.6 is 11.6 Å². The van der Waals surface area contributed by atoms with E-state index in [1.54, 1.807) is 0 Å². The summed E-state index contributed by atoms with van der Waals surface area (Å²) in [4.78, 5) is 10.8. The molecule has 0 saturated carbocycles. The molecule has 1 rings (SSSR count). The molecule has 4 heteroatoms. The Labute approximate surface area is 94.4 Å². The molecule has 1 aromatic carbocycles. The number of nitrogens with one attached hydrogen (secondary N) is 1. The molecule has 0 aliphatic heterocycles. The summed E-state index contributed by atoms with van der Waals surface area (Å²) in [5.41, 5.74) is 1.10. The lowest BCUT2D eigenvalue weighted by molar-refractivity contribution is -0.140. The van der Waals surface area contributed by atoms with Gasteiger partial charge in [0.1, 0.15) is 0 Å². The van der Waals surface area contributed by atoms with Gasteiger partial charge in [0.2, 0.25) is 0 Å². The summed E-state index contributed by atoms with van der Waals surface area (Å²) in [6.45, 7) is 1.32. The van der Waals surface area contributed by atoms with E-state index in [9.17, 15) is 4.79 Å². The van der Waals surface area contributed by atoms with Crippen LogP contribution in [-0.2, 0) is 16.1 Å². The minimum atomic E-state index is -0.200. The van der Waals surface area contributed by atoms with Gasteiger partial charge in [-0.1, -0.05) is 23.7 Å². The lowest BCUT2D eigenvalue weighted by Crippen LogP contribution is -2.18. The number of carbonyl (C=O) groups is 1. The summed E-state index contributed by atoms with van der Waals surface area (Å²) in [5, 5.41) is 3.86. The maximum atomic E-state index is 10.8. The molecule has 0 aliphatic rings. The topological polar surface area (TPSA) is 38.3 Å². The predicted octanol–water partition coefficient (Wildman–Crippen LogP) is 1.99. The highest BCUT2D eigenvalue weighted by molar-refractivity contribution is 6.30. The molecule has 0 radical (unpaired) electrons. The second kappa shape index (κ2) is 6.43. The van der Waals surface area contributed by atoms with E-state index in [4.69, 9.17) is 11.6 Å². The van der Waals surface area contributed by atoms with Crippen molar-refractivity contribution in [2.24, 2.45) is 0 Å². The minimum Gasteiger partial charge on any atom is -0.469 e. The standard InChI is InChI=1S/C11H14ClNO2/c1-15-11(14)5-6-13-8-9-3-2-4-10(12)7-9/h2-4,7,13H,5-6,8H2,1H3. The van der Waals surface area contributed by atoms with Crippen molar-refractivity contribution in [2.75, 3.05) is 13.7 Å². The van der Waals surface area contributed by atoms with Gasteiger partial charge in [-0.3, -0.25) is 4.79 Å². The van der Waals surface area contributed by atoms with E-state index in [0.717, 1.165) is 10.6 Å². The van der Waals surface area contributed by atoms with E-state index >= 15 is 0 Å². The Kier molecular flexibility index (Phi) is 5.15. The minimum absolute atomic E-state index is 0.200. The average Bonchev–Trinajstić information content (AvgIpc) is 2.24. The predicted molar refractivity (Wildman–Crippen MR) is 59.8 cm³/mol. The van der Waals surface area contributed by atoms with Crippen molar-refractivity contribution in [3.63, 3.8) is 0 Å².